The summed E-state index contributed by atoms with van der Waals surface area (Å²) < 4.78 is 79.8. The normalized spacial score (nSPS) is 17.9. The van der Waals surface area contributed by atoms with E-state index in [1.165, 1.54) is 14.0 Å². The minimum Gasteiger partial charge on any atom is -0.356 e. The summed E-state index contributed by atoms with van der Waals surface area (Å²) in [5.41, 5.74) is -2.37. The minimum atomic E-state index is -4.99. The molecule has 0 spiro atoms. The van der Waals surface area contributed by atoms with Gasteiger partial charge in [0.1, 0.15) is 0 Å². The predicted octanol–water partition coefficient (Wildman–Crippen LogP) is 5.23. The second-order valence-electron chi connectivity index (χ2n) is 9.95. The van der Waals surface area contributed by atoms with Crippen LogP contribution in [-0.4, -0.2) is 54.2 Å². The molecule has 218 valence electrons. The SMILES string of the molecule is CC(=O)NCCCC(=O)N1CC[C@@H](C(=O)N(C)Cc2cc(C(F)(F)F)cc(C(F)(F)F)c2)[C@H](c2ccccc2)C1. The number of hydrogen-bond donors (Lipinski definition) is 1. The fourth-order valence-electron chi connectivity index (χ4n) is 4.92. The number of benzene rings is 2. The highest BCUT2D eigenvalue weighted by Gasteiger charge is 2.39. The van der Waals surface area contributed by atoms with Gasteiger partial charge in [0.05, 0.1) is 11.1 Å². The van der Waals surface area contributed by atoms with Crippen LogP contribution in [0.2, 0.25) is 0 Å². The van der Waals surface area contributed by atoms with E-state index >= 15 is 0 Å². The lowest BCUT2D eigenvalue weighted by molar-refractivity contribution is -0.143. The fourth-order valence-corrected chi connectivity index (χ4v) is 4.92. The van der Waals surface area contributed by atoms with Gasteiger partial charge in [-0.15, -0.1) is 0 Å². The Kier molecular flexibility index (Phi) is 9.86. The van der Waals surface area contributed by atoms with Gasteiger partial charge in [0.2, 0.25) is 17.7 Å². The van der Waals surface area contributed by atoms with Gasteiger partial charge < -0.3 is 15.1 Å². The van der Waals surface area contributed by atoms with Gasteiger partial charge in [-0.1, -0.05) is 30.3 Å². The molecule has 0 unspecified atom stereocenters. The molecule has 0 saturated carbocycles. The fraction of sp³-hybridized carbons (Fsp3) is 0.464. The molecule has 1 aliphatic rings. The number of likely N-dealkylation sites (tertiary alicyclic amines) is 1. The summed E-state index contributed by atoms with van der Waals surface area (Å²) in [6.07, 6.45) is -9.04. The van der Waals surface area contributed by atoms with Crippen molar-refractivity contribution in [3.05, 3.63) is 70.8 Å². The van der Waals surface area contributed by atoms with Crippen molar-refractivity contribution in [2.45, 2.75) is 51.0 Å². The highest BCUT2D eigenvalue weighted by atomic mass is 19.4. The van der Waals surface area contributed by atoms with E-state index in [0.717, 1.165) is 10.5 Å². The average Bonchev–Trinajstić information content (AvgIpc) is 2.89. The summed E-state index contributed by atoms with van der Waals surface area (Å²) in [6, 6.07) is 10.3. The molecule has 12 heteroatoms. The lowest BCUT2D eigenvalue weighted by atomic mass is 9.79. The molecule has 2 atom stereocenters. The maximum absolute atomic E-state index is 13.5. The number of nitrogens with one attached hydrogen (secondary N) is 1. The molecule has 1 fully saturated rings. The number of alkyl halides is 6. The van der Waals surface area contributed by atoms with Crippen molar-refractivity contribution in [3.63, 3.8) is 0 Å². The zero-order valence-corrected chi connectivity index (χ0v) is 22.1. The number of piperidine rings is 1. The Balaban J connectivity index is 1.79. The van der Waals surface area contributed by atoms with E-state index in [1.807, 2.05) is 12.1 Å². The van der Waals surface area contributed by atoms with Crippen molar-refractivity contribution < 1.29 is 40.7 Å². The smallest absolute Gasteiger partial charge is 0.356 e. The molecule has 1 aliphatic heterocycles. The second kappa shape index (κ2) is 12.7. The van der Waals surface area contributed by atoms with Crippen LogP contribution in [0.4, 0.5) is 26.3 Å². The molecule has 3 rings (SSSR count). The van der Waals surface area contributed by atoms with Gasteiger partial charge in [-0.05, 0) is 42.2 Å². The van der Waals surface area contributed by atoms with Crippen LogP contribution >= 0.6 is 0 Å². The lowest BCUT2D eigenvalue weighted by Crippen LogP contribution is -2.47. The highest BCUT2D eigenvalue weighted by molar-refractivity contribution is 5.81. The van der Waals surface area contributed by atoms with E-state index in [2.05, 4.69) is 5.32 Å². The molecule has 0 aromatic heterocycles. The quantitative estimate of drug-likeness (QED) is 0.349. The Morgan fingerprint density at radius 3 is 2.12 bits per heavy atom. The van der Waals surface area contributed by atoms with Crippen molar-refractivity contribution >= 4 is 17.7 Å². The summed E-state index contributed by atoms with van der Waals surface area (Å²) in [5, 5.41) is 2.63. The highest BCUT2D eigenvalue weighted by Crippen LogP contribution is 2.37. The Morgan fingerprint density at radius 2 is 1.57 bits per heavy atom. The van der Waals surface area contributed by atoms with Crippen LogP contribution in [0.25, 0.3) is 0 Å². The molecule has 40 heavy (non-hydrogen) atoms. The van der Waals surface area contributed by atoms with Crippen molar-refractivity contribution in [2.24, 2.45) is 5.92 Å². The molecular weight excluding hydrogens is 540 g/mol. The van der Waals surface area contributed by atoms with E-state index in [4.69, 9.17) is 0 Å². The van der Waals surface area contributed by atoms with Crippen molar-refractivity contribution in [2.75, 3.05) is 26.7 Å². The van der Waals surface area contributed by atoms with E-state index in [1.54, 1.807) is 23.1 Å². The number of nitrogens with zero attached hydrogens (tertiary/aromatic N) is 2. The first-order valence-corrected chi connectivity index (χ1v) is 12.8. The Morgan fingerprint density at radius 1 is 0.975 bits per heavy atom. The summed E-state index contributed by atoms with van der Waals surface area (Å²) >= 11 is 0. The van der Waals surface area contributed by atoms with Crippen LogP contribution < -0.4 is 5.32 Å². The monoisotopic (exact) mass is 571 g/mol. The van der Waals surface area contributed by atoms with Gasteiger partial charge in [0, 0.05) is 58.4 Å². The third kappa shape index (κ3) is 8.22. The van der Waals surface area contributed by atoms with Gasteiger partial charge in [-0.25, -0.2) is 0 Å². The second-order valence-corrected chi connectivity index (χ2v) is 9.95. The van der Waals surface area contributed by atoms with Crippen LogP contribution in [-0.2, 0) is 33.3 Å². The first-order valence-electron chi connectivity index (χ1n) is 12.8. The van der Waals surface area contributed by atoms with Gasteiger partial charge in [-0.2, -0.15) is 26.3 Å². The maximum atomic E-state index is 13.5. The Bertz CT molecular complexity index is 1170. The largest absolute Gasteiger partial charge is 0.416 e. The van der Waals surface area contributed by atoms with Crippen LogP contribution in [0.3, 0.4) is 0 Å². The average molecular weight is 572 g/mol. The topological polar surface area (TPSA) is 69.7 Å². The summed E-state index contributed by atoms with van der Waals surface area (Å²) in [6.45, 7) is 1.79. The molecule has 2 aromatic rings. The molecule has 0 aliphatic carbocycles. The standard InChI is InChI=1S/C28H31F6N3O3/c1-18(38)35-11-6-9-25(39)37-12-10-23(24(17-37)20-7-4-3-5-8-20)26(40)36(2)16-19-13-21(27(29,30)31)15-22(14-19)28(32,33)34/h3-5,7-8,13-15,23-24H,6,9-12,16-17H2,1-2H3,(H,35,38)/t23-,24+/m1/s1. The van der Waals surface area contributed by atoms with E-state index in [-0.39, 0.29) is 49.4 Å². The molecular formula is C28H31F6N3O3. The lowest BCUT2D eigenvalue weighted by Gasteiger charge is -2.39. The van der Waals surface area contributed by atoms with Crippen molar-refractivity contribution in [3.8, 4) is 0 Å². The number of hydrogen-bond acceptors (Lipinski definition) is 3. The van der Waals surface area contributed by atoms with Crippen LogP contribution in [0.15, 0.2) is 48.5 Å². The van der Waals surface area contributed by atoms with Crippen molar-refractivity contribution in [1.82, 2.24) is 15.1 Å². The maximum Gasteiger partial charge on any atom is 0.416 e. The van der Waals surface area contributed by atoms with Gasteiger partial charge in [0.25, 0.3) is 0 Å². The van der Waals surface area contributed by atoms with E-state index in [9.17, 15) is 40.7 Å². The zero-order valence-electron chi connectivity index (χ0n) is 22.1. The molecule has 6 nitrogen and oxygen atoms in total. The number of carbonyl (C=O) groups excluding carboxylic acids is 3. The predicted molar refractivity (Wildman–Crippen MR) is 135 cm³/mol. The molecule has 2 aromatic carbocycles. The first-order chi connectivity index (χ1) is 18.7. The first kappa shape index (κ1) is 31.0. The summed E-state index contributed by atoms with van der Waals surface area (Å²) in [5.74, 6) is -1.81. The molecule has 1 N–H and O–H groups in total. The summed E-state index contributed by atoms with van der Waals surface area (Å²) in [4.78, 5) is 40.2. The Hall–Kier alpha value is -3.57. The van der Waals surface area contributed by atoms with Crippen molar-refractivity contribution in [1.29, 1.82) is 0 Å². The number of amides is 3. The van der Waals surface area contributed by atoms with E-state index < -0.39 is 47.8 Å². The summed E-state index contributed by atoms with van der Waals surface area (Å²) in [7, 11) is 1.34. The van der Waals surface area contributed by atoms with Gasteiger partial charge >= 0.3 is 12.4 Å². The molecule has 1 heterocycles. The number of halogens is 6. The van der Waals surface area contributed by atoms with Gasteiger partial charge in [0.15, 0.2) is 0 Å². The third-order valence-corrected chi connectivity index (χ3v) is 6.90. The molecule has 1 saturated heterocycles. The minimum absolute atomic E-state index is 0.0552. The van der Waals surface area contributed by atoms with Crippen LogP contribution in [0.5, 0.6) is 0 Å². The van der Waals surface area contributed by atoms with Gasteiger partial charge in [-0.3, -0.25) is 14.4 Å². The zero-order chi connectivity index (χ0) is 29.7. The third-order valence-electron chi connectivity index (χ3n) is 6.90. The Labute approximate surface area is 228 Å². The number of rotatable bonds is 8. The molecule has 3 amide bonds. The molecule has 0 radical (unpaired) electrons. The van der Waals surface area contributed by atoms with E-state index in [0.29, 0.717) is 25.1 Å². The van der Waals surface area contributed by atoms with Crippen LogP contribution in [0.1, 0.15) is 54.4 Å². The molecule has 0 bridgehead atoms. The van der Waals surface area contributed by atoms with Crippen LogP contribution in [0, 0.1) is 5.92 Å². The number of carbonyl (C=O) groups is 3.